The fourth-order valence-corrected chi connectivity index (χ4v) is 1.60. The number of hydrogen-bond donors (Lipinski definition) is 1. The van der Waals surface area contributed by atoms with Crippen LogP contribution in [0.1, 0.15) is 45.1 Å². The number of rotatable bonds is 4. The van der Waals surface area contributed by atoms with Crippen molar-refractivity contribution >= 4 is 6.09 Å². The molecule has 1 rings (SSSR count). The summed E-state index contributed by atoms with van der Waals surface area (Å²) < 4.78 is 5.30. The standard InChI is InChI=1S/C15H25N3O2/c1-11(16)13-8-6-7-12(17-13)9-10-18(5)14(19)20-15(2,3)4/h6-8,11H,9-10,16H2,1-5H3. The molecule has 5 heteroatoms. The third kappa shape index (κ3) is 5.57. The van der Waals surface area contributed by atoms with Gasteiger partial charge < -0.3 is 15.4 Å². The van der Waals surface area contributed by atoms with Crippen LogP contribution in [-0.2, 0) is 11.2 Å². The van der Waals surface area contributed by atoms with Crippen molar-refractivity contribution < 1.29 is 9.53 Å². The molecule has 0 saturated heterocycles. The first-order valence-electron chi connectivity index (χ1n) is 6.84. The highest BCUT2D eigenvalue weighted by Gasteiger charge is 2.19. The Morgan fingerprint density at radius 2 is 2.10 bits per heavy atom. The number of pyridine rings is 1. The maximum absolute atomic E-state index is 11.8. The van der Waals surface area contributed by atoms with E-state index in [0.29, 0.717) is 13.0 Å². The monoisotopic (exact) mass is 279 g/mol. The van der Waals surface area contributed by atoms with E-state index < -0.39 is 5.60 Å². The highest BCUT2D eigenvalue weighted by molar-refractivity contribution is 5.67. The summed E-state index contributed by atoms with van der Waals surface area (Å²) in [7, 11) is 1.73. The molecule has 1 amide bonds. The second-order valence-electron chi connectivity index (χ2n) is 5.99. The van der Waals surface area contributed by atoms with Gasteiger partial charge in [0.15, 0.2) is 0 Å². The van der Waals surface area contributed by atoms with Gasteiger partial charge in [0.1, 0.15) is 5.60 Å². The number of aromatic nitrogens is 1. The van der Waals surface area contributed by atoms with Crippen molar-refractivity contribution in [2.24, 2.45) is 5.73 Å². The van der Waals surface area contributed by atoms with Gasteiger partial charge in [0.25, 0.3) is 0 Å². The van der Waals surface area contributed by atoms with Gasteiger partial charge in [-0.25, -0.2) is 4.79 Å². The van der Waals surface area contributed by atoms with E-state index in [-0.39, 0.29) is 12.1 Å². The van der Waals surface area contributed by atoms with Gasteiger partial charge in [0, 0.05) is 31.7 Å². The van der Waals surface area contributed by atoms with Crippen LogP contribution in [0.2, 0.25) is 0 Å². The molecule has 0 spiro atoms. The van der Waals surface area contributed by atoms with Gasteiger partial charge in [0.05, 0.1) is 5.69 Å². The van der Waals surface area contributed by atoms with E-state index >= 15 is 0 Å². The SMILES string of the molecule is CC(N)c1cccc(CCN(C)C(=O)OC(C)(C)C)n1. The van der Waals surface area contributed by atoms with Crippen LogP contribution in [0.25, 0.3) is 0 Å². The average Bonchev–Trinajstić information content (AvgIpc) is 2.34. The van der Waals surface area contributed by atoms with Gasteiger partial charge in [0.2, 0.25) is 0 Å². The fourth-order valence-electron chi connectivity index (χ4n) is 1.60. The molecule has 1 aromatic heterocycles. The Balaban J connectivity index is 2.54. The van der Waals surface area contributed by atoms with Crippen molar-refractivity contribution in [2.45, 2.75) is 45.8 Å². The summed E-state index contributed by atoms with van der Waals surface area (Å²) in [5.41, 5.74) is 7.12. The molecule has 1 atom stereocenters. The fraction of sp³-hybridized carbons (Fsp3) is 0.600. The van der Waals surface area contributed by atoms with Gasteiger partial charge >= 0.3 is 6.09 Å². The molecule has 0 fully saturated rings. The molecule has 1 heterocycles. The number of carbonyl (C=O) groups excluding carboxylic acids is 1. The number of amides is 1. The van der Waals surface area contributed by atoms with E-state index in [9.17, 15) is 4.79 Å². The largest absolute Gasteiger partial charge is 0.444 e. The first-order chi connectivity index (χ1) is 9.19. The first-order valence-corrected chi connectivity index (χ1v) is 6.84. The normalized spacial score (nSPS) is 12.9. The third-order valence-corrected chi connectivity index (χ3v) is 2.70. The lowest BCUT2D eigenvalue weighted by Crippen LogP contribution is -2.35. The van der Waals surface area contributed by atoms with Crippen LogP contribution in [-0.4, -0.2) is 35.2 Å². The van der Waals surface area contributed by atoms with Gasteiger partial charge in [-0.15, -0.1) is 0 Å². The van der Waals surface area contributed by atoms with Crippen molar-refractivity contribution in [3.63, 3.8) is 0 Å². The van der Waals surface area contributed by atoms with E-state index in [0.717, 1.165) is 11.4 Å². The van der Waals surface area contributed by atoms with E-state index in [2.05, 4.69) is 4.98 Å². The van der Waals surface area contributed by atoms with Crippen LogP contribution >= 0.6 is 0 Å². The van der Waals surface area contributed by atoms with E-state index in [4.69, 9.17) is 10.5 Å². The minimum atomic E-state index is -0.474. The van der Waals surface area contributed by atoms with E-state index in [1.165, 1.54) is 0 Å². The number of ether oxygens (including phenoxy) is 1. The zero-order valence-corrected chi connectivity index (χ0v) is 13.0. The summed E-state index contributed by atoms with van der Waals surface area (Å²) in [6.45, 7) is 8.02. The van der Waals surface area contributed by atoms with Crippen molar-refractivity contribution in [1.82, 2.24) is 9.88 Å². The van der Waals surface area contributed by atoms with Crippen LogP contribution < -0.4 is 5.73 Å². The van der Waals surface area contributed by atoms with Crippen LogP contribution in [0.4, 0.5) is 4.79 Å². The van der Waals surface area contributed by atoms with Gasteiger partial charge in [-0.1, -0.05) is 6.07 Å². The predicted octanol–water partition coefficient (Wildman–Crippen LogP) is 2.51. The third-order valence-electron chi connectivity index (χ3n) is 2.70. The zero-order chi connectivity index (χ0) is 15.3. The summed E-state index contributed by atoms with van der Waals surface area (Å²) in [5.74, 6) is 0. The lowest BCUT2D eigenvalue weighted by molar-refractivity contribution is 0.0300. The van der Waals surface area contributed by atoms with Crippen molar-refractivity contribution in [2.75, 3.05) is 13.6 Å². The molecule has 0 saturated carbocycles. The average molecular weight is 279 g/mol. The highest BCUT2D eigenvalue weighted by Crippen LogP contribution is 2.10. The molecule has 2 N–H and O–H groups in total. The molecule has 0 aliphatic rings. The lowest BCUT2D eigenvalue weighted by atomic mass is 10.2. The van der Waals surface area contributed by atoms with Crippen LogP contribution in [0, 0.1) is 0 Å². The topological polar surface area (TPSA) is 68.5 Å². The first kappa shape index (κ1) is 16.4. The number of nitrogens with two attached hydrogens (primary N) is 1. The molecule has 0 radical (unpaired) electrons. The van der Waals surface area contributed by atoms with E-state index in [1.807, 2.05) is 45.9 Å². The van der Waals surface area contributed by atoms with Crippen molar-refractivity contribution in [3.8, 4) is 0 Å². The molecular formula is C15H25N3O2. The van der Waals surface area contributed by atoms with E-state index in [1.54, 1.807) is 11.9 Å². The molecule has 0 bridgehead atoms. The molecule has 1 aromatic rings. The molecule has 1 unspecified atom stereocenters. The minimum Gasteiger partial charge on any atom is -0.444 e. The molecule has 0 aromatic carbocycles. The Bertz CT molecular complexity index is 453. The zero-order valence-electron chi connectivity index (χ0n) is 13.0. The molecule has 112 valence electrons. The van der Waals surface area contributed by atoms with Crippen LogP contribution in [0.5, 0.6) is 0 Å². The summed E-state index contributed by atoms with van der Waals surface area (Å²) in [5, 5.41) is 0. The molecule has 0 aliphatic heterocycles. The van der Waals surface area contributed by atoms with Gasteiger partial charge in [-0.2, -0.15) is 0 Å². The molecule has 20 heavy (non-hydrogen) atoms. The smallest absolute Gasteiger partial charge is 0.410 e. The molecule has 5 nitrogen and oxygen atoms in total. The number of hydrogen-bond acceptors (Lipinski definition) is 4. The number of likely N-dealkylation sites (N-methyl/N-ethyl adjacent to an activating group) is 1. The Morgan fingerprint density at radius 3 is 2.65 bits per heavy atom. The van der Waals surface area contributed by atoms with Crippen molar-refractivity contribution in [3.05, 3.63) is 29.6 Å². The number of nitrogens with zero attached hydrogens (tertiary/aromatic N) is 2. The van der Waals surface area contributed by atoms with Crippen LogP contribution in [0.3, 0.4) is 0 Å². The molecular weight excluding hydrogens is 254 g/mol. The summed E-state index contributed by atoms with van der Waals surface area (Å²) in [6, 6.07) is 5.70. The van der Waals surface area contributed by atoms with Gasteiger partial charge in [-0.3, -0.25) is 4.98 Å². The second kappa shape index (κ2) is 6.70. The minimum absolute atomic E-state index is 0.0847. The quantitative estimate of drug-likeness (QED) is 0.919. The van der Waals surface area contributed by atoms with Crippen LogP contribution in [0.15, 0.2) is 18.2 Å². The Kier molecular flexibility index (Phi) is 5.51. The predicted molar refractivity (Wildman–Crippen MR) is 79.4 cm³/mol. The Morgan fingerprint density at radius 1 is 1.45 bits per heavy atom. The lowest BCUT2D eigenvalue weighted by Gasteiger charge is -2.24. The van der Waals surface area contributed by atoms with Crippen molar-refractivity contribution in [1.29, 1.82) is 0 Å². The molecule has 0 aliphatic carbocycles. The summed E-state index contributed by atoms with van der Waals surface area (Å²) >= 11 is 0. The Hall–Kier alpha value is -1.62. The number of carbonyl (C=O) groups is 1. The Labute approximate surface area is 121 Å². The highest BCUT2D eigenvalue weighted by atomic mass is 16.6. The maximum atomic E-state index is 11.8. The second-order valence-corrected chi connectivity index (χ2v) is 5.99. The van der Waals surface area contributed by atoms with Gasteiger partial charge in [-0.05, 0) is 39.8 Å². The maximum Gasteiger partial charge on any atom is 0.410 e. The summed E-state index contributed by atoms with van der Waals surface area (Å²) in [4.78, 5) is 17.9. The summed E-state index contributed by atoms with van der Waals surface area (Å²) in [6.07, 6.45) is 0.358.